The lowest BCUT2D eigenvalue weighted by Crippen LogP contribution is -2.06. The summed E-state index contributed by atoms with van der Waals surface area (Å²) in [6.45, 7) is 5.09. The van der Waals surface area contributed by atoms with Crippen molar-refractivity contribution in [2.75, 3.05) is 5.75 Å². The average molecular weight is 257 g/mol. The lowest BCUT2D eigenvalue weighted by Gasteiger charge is -2.07. The molecule has 0 saturated heterocycles. The molecule has 0 aliphatic carbocycles. The van der Waals surface area contributed by atoms with Gasteiger partial charge in [-0.15, -0.1) is 10.2 Å². The van der Waals surface area contributed by atoms with Crippen LogP contribution in [-0.2, 0) is 17.8 Å². The van der Waals surface area contributed by atoms with E-state index in [-0.39, 0.29) is 5.75 Å². The molecule has 0 bridgehead atoms. The number of rotatable bonds is 8. The van der Waals surface area contributed by atoms with Gasteiger partial charge in [0.05, 0.1) is 5.75 Å². The van der Waals surface area contributed by atoms with E-state index in [1.54, 1.807) is 0 Å². The minimum absolute atomic E-state index is 0.0373. The van der Waals surface area contributed by atoms with Gasteiger partial charge in [-0.25, -0.2) is 0 Å². The molecule has 0 amide bonds. The highest BCUT2D eigenvalue weighted by Gasteiger charge is 2.12. The molecule has 0 saturated carbocycles. The summed E-state index contributed by atoms with van der Waals surface area (Å²) >= 11 is 1.24. The summed E-state index contributed by atoms with van der Waals surface area (Å²) in [4.78, 5) is 10.5. The van der Waals surface area contributed by atoms with Crippen LogP contribution in [0.4, 0.5) is 0 Å². The first-order valence-corrected chi connectivity index (χ1v) is 6.94. The molecule has 0 fully saturated rings. The van der Waals surface area contributed by atoms with Crippen LogP contribution in [0.3, 0.4) is 0 Å². The van der Waals surface area contributed by atoms with E-state index in [9.17, 15) is 4.79 Å². The maximum atomic E-state index is 10.5. The second-order valence-corrected chi connectivity index (χ2v) is 4.78. The largest absolute Gasteiger partial charge is 0.481 e. The first kappa shape index (κ1) is 14.0. The Morgan fingerprint density at radius 3 is 2.71 bits per heavy atom. The molecule has 5 nitrogen and oxygen atoms in total. The van der Waals surface area contributed by atoms with Crippen LogP contribution in [-0.4, -0.2) is 31.6 Å². The smallest absolute Gasteiger partial charge is 0.313 e. The minimum Gasteiger partial charge on any atom is -0.481 e. The van der Waals surface area contributed by atoms with Gasteiger partial charge in [-0.1, -0.05) is 32.0 Å². The van der Waals surface area contributed by atoms with Crippen molar-refractivity contribution in [3.8, 4) is 0 Å². The molecule has 96 valence electrons. The Hall–Kier alpha value is -1.04. The van der Waals surface area contributed by atoms with Gasteiger partial charge in [-0.05, 0) is 12.8 Å². The fraction of sp³-hybridized carbons (Fsp3) is 0.727. The fourth-order valence-electron chi connectivity index (χ4n) is 1.52. The second kappa shape index (κ2) is 7.32. The summed E-state index contributed by atoms with van der Waals surface area (Å²) in [5.74, 6) is 0.188. The molecular weight excluding hydrogens is 238 g/mol. The quantitative estimate of drug-likeness (QED) is 0.723. The van der Waals surface area contributed by atoms with Crippen molar-refractivity contribution < 1.29 is 9.90 Å². The van der Waals surface area contributed by atoms with Crippen LogP contribution < -0.4 is 0 Å². The highest BCUT2D eigenvalue weighted by Crippen LogP contribution is 2.18. The Morgan fingerprint density at radius 1 is 1.35 bits per heavy atom. The van der Waals surface area contributed by atoms with Crippen LogP contribution in [0.15, 0.2) is 5.16 Å². The molecule has 0 spiro atoms. The Bertz CT molecular complexity index is 366. The third kappa shape index (κ3) is 4.38. The number of unbranched alkanes of at least 4 members (excludes halogenated alkanes) is 1. The molecule has 1 aromatic heterocycles. The van der Waals surface area contributed by atoms with Crippen molar-refractivity contribution >= 4 is 17.7 Å². The van der Waals surface area contributed by atoms with Crippen molar-refractivity contribution in [1.29, 1.82) is 0 Å². The summed E-state index contributed by atoms with van der Waals surface area (Å²) in [5, 5.41) is 17.6. The van der Waals surface area contributed by atoms with Gasteiger partial charge in [0.25, 0.3) is 0 Å². The minimum atomic E-state index is -0.823. The first-order chi connectivity index (χ1) is 8.19. The number of aryl methyl sites for hydroxylation is 1. The average Bonchev–Trinajstić information content (AvgIpc) is 2.67. The molecule has 0 aliphatic rings. The van der Waals surface area contributed by atoms with Crippen molar-refractivity contribution in [3.05, 3.63) is 5.82 Å². The second-order valence-electron chi connectivity index (χ2n) is 3.84. The number of aromatic nitrogens is 3. The topological polar surface area (TPSA) is 68.0 Å². The molecule has 0 atom stereocenters. The standard InChI is InChI=1S/C11H19N3O2S/c1-3-5-6-9-12-13-11(14(9)7-4-2)17-8-10(15)16/h3-8H2,1-2H3,(H,15,16). The summed E-state index contributed by atoms with van der Waals surface area (Å²) in [6.07, 6.45) is 4.12. The number of carboxylic acid groups (broad SMARTS) is 1. The highest BCUT2D eigenvalue weighted by molar-refractivity contribution is 7.99. The number of carboxylic acids is 1. The number of nitrogens with zero attached hydrogens (tertiary/aromatic N) is 3. The van der Waals surface area contributed by atoms with Gasteiger partial charge in [0.15, 0.2) is 5.16 Å². The molecule has 1 N–H and O–H groups in total. The van der Waals surface area contributed by atoms with Crippen LogP contribution in [0.1, 0.15) is 38.9 Å². The number of carbonyl (C=O) groups is 1. The molecule has 0 aliphatic heterocycles. The predicted molar refractivity (Wildman–Crippen MR) is 67.3 cm³/mol. The normalized spacial score (nSPS) is 10.7. The van der Waals surface area contributed by atoms with Crippen LogP contribution >= 0.6 is 11.8 Å². The zero-order chi connectivity index (χ0) is 12.7. The Labute approximate surface area is 106 Å². The van der Waals surface area contributed by atoms with Gasteiger partial charge in [-0.3, -0.25) is 4.79 Å². The van der Waals surface area contributed by atoms with E-state index in [1.165, 1.54) is 11.8 Å². The molecule has 17 heavy (non-hydrogen) atoms. The number of thioether (sulfide) groups is 1. The SMILES string of the molecule is CCCCc1nnc(SCC(=O)O)n1CCC. The fourth-order valence-corrected chi connectivity index (χ4v) is 2.22. The molecule has 6 heteroatoms. The predicted octanol–water partition coefficient (Wildman–Crippen LogP) is 2.21. The Kier molecular flexibility index (Phi) is 6.04. The summed E-state index contributed by atoms with van der Waals surface area (Å²) in [5.41, 5.74) is 0. The van der Waals surface area contributed by atoms with Crippen molar-refractivity contribution in [2.45, 2.75) is 51.2 Å². The van der Waals surface area contributed by atoms with Crippen molar-refractivity contribution in [3.63, 3.8) is 0 Å². The van der Waals surface area contributed by atoms with Crippen LogP contribution in [0.5, 0.6) is 0 Å². The van der Waals surface area contributed by atoms with Crippen LogP contribution in [0.2, 0.25) is 0 Å². The maximum absolute atomic E-state index is 10.5. The van der Waals surface area contributed by atoms with Gasteiger partial charge in [-0.2, -0.15) is 0 Å². The molecule has 0 radical (unpaired) electrons. The monoisotopic (exact) mass is 257 g/mol. The van der Waals surface area contributed by atoms with Gasteiger partial charge >= 0.3 is 5.97 Å². The number of hydrogen-bond donors (Lipinski definition) is 1. The van der Waals surface area contributed by atoms with E-state index in [0.29, 0.717) is 0 Å². The Balaban J connectivity index is 2.74. The summed E-state index contributed by atoms with van der Waals surface area (Å²) in [6, 6.07) is 0. The summed E-state index contributed by atoms with van der Waals surface area (Å²) < 4.78 is 2.04. The van der Waals surface area contributed by atoms with Gasteiger partial charge in [0.2, 0.25) is 0 Å². The Morgan fingerprint density at radius 2 is 2.12 bits per heavy atom. The van der Waals surface area contributed by atoms with E-state index in [0.717, 1.165) is 43.2 Å². The molecular formula is C11H19N3O2S. The van der Waals surface area contributed by atoms with Crippen molar-refractivity contribution in [2.24, 2.45) is 0 Å². The van der Waals surface area contributed by atoms with E-state index in [2.05, 4.69) is 24.0 Å². The van der Waals surface area contributed by atoms with Gasteiger partial charge in [0, 0.05) is 13.0 Å². The number of hydrogen-bond acceptors (Lipinski definition) is 4. The number of aliphatic carboxylic acids is 1. The zero-order valence-electron chi connectivity index (χ0n) is 10.3. The van der Waals surface area contributed by atoms with Crippen molar-refractivity contribution in [1.82, 2.24) is 14.8 Å². The first-order valence-electron chi connectivity index (χ1n) is 5.95. The zero-order valence-corrected chi connectivity index (χ0v) is 11.2. The van der Waals surface area contributed by atoms with Gasteiger partial charge in [0.1, 0.15) is 5.82 Å². The van der Waals surface area contributed by atoms with E-state index in [1.807, 2.05) is 4.57 Å². The van der Waals surface area contributed by atoms with Crippen LogP contribution in [0.25, 0.3) is 0 Å². The third-order valence-electron chi connectivity index (χ3n) is 2.32. The molecule has 1 heterocycles. The lowest BCUT2D eigenvalue weighted by molar-refractivity contribution is -0.133. The van der Waals surface area contributed by atoms with E-state index >= 15 is 0 Å². The lowest BCUT2D eigenvalue weighted by atomic mass is 10.2. The van der Waals surface area contributed by atoms with Gasteiger partial charge < -0.3 is 9.67 Å². The molecule has 1 rings (SSSR count). The molecule has 0 unspecified atom stereocenters. The maximum Gasteiger partial charge on any atom is 0.313 e. The molecule has 0 aromatic carbocycles. The summed E-state index contributed by atoms with van der Waals surface area (Å²) in [7, 11) is 0. The third-order valence-corrected chi connectivity index (χ3v) is 3.27. The van der Waals surface area contributed by atoms with E-state index < -0.39 is 5.97 Å². The molecule has 1 aromatic rings. The van der Waals surface area contributed by atoms with E-state index in [4.69, 9.17) is 5.11 Å². The van der Waals surface area contributed by atoms with Crippen LogP contribution in [0, 0.1) is 0 Å². The highest BCUT2D eigenvalue weighted by atomic mass is 32.2.